The highest BCUT2D eigenvalue weighted by Gasteiger charge is 2.15. The van der Waals surface area contributed by atoms with E-state index in [0.29, 0.717) is 6.04 Å². The van der Waals surface area contributed by atoms with Crippen molar-refractivity contribution in [1.29, 1.82) is 0 Å². The van der Waals surface area contributed by atoms with Gasteiger partial charge in [-0.2, -0.15) is 5.10 Å². The molecule has 0 aromatic carbocycles. The number of hydrogen-bond acceptors (Lipinski definition) is 6. The number of nitrogens with zero attached hydrogens (tertiary/aromatic N) is 4. The van der Waals surface area contributed by atoms with E-state index in [4.69, 9.17) is 4.42 Å². The molecule has 6 aromatic rings. The van der Waals surface area contributed by atoms with Crippen molar-refractivity contribution in [2.24, 2.45) is 0 Å². The van der Waals surface area contributed by atoms with Gasteiger partial charge in [0, 0.05) is 52.1 Å². The Hall–Kier alpha value is -4.46. The van der Waals surface area contributed by atoms with Crippen molar-refractivity contribution in [2.75, 3.05) is 5.32 Å². The minimum absolute atomic E-state index is 0.321. The molecule has 0 unspecified atom stereocenters. The monoisotopic (exact) mass is 435 g/mol. The first-order valence-electron chi connectivity index (χ1n) is 10.7. The minimum atomic E-state index is 0.321. The number of rotatable bonds is 5. The lowest BCUT2D eigenvalue weighted by molar-refractivity contribution is 0.568. The van der Waals surface area contributed by atoms with Gasteiger partial charge in [0.2, 0.25) is 0 Å². The van der Waals surface area contributed by atoms with Gasteiger partial charge in [-0.25, -0.2) is 0 Å². The third kappa shape index (κ3) is 3.41. The molecule has 0 fully saturated rings. The Morgan fingerprint density at radius 3 is 2.67 bits per heavy atom. The van der Waals surface area contributed by atoms with Crippen LogP contribution in [0.1, 0.15) is 13.8 Å². The first-order valence-corrected chi connectivity index (χ1v) is 10.7. The molecule has 0 bridgehead atoms. The summed E-state index contributed by atoms with van der Waals surface area (Å²) >= 11 is 0. The molecule has 6 aromatic heterocycles. The van der Waals surface area contributed by atoms with Gasteiger partial charge in [0.25, 0.3) is 0 Å². The van der Waals surface area contributed by atoms with E-state index in [1.807, 2.05) is 43.1 Å². The minimum Gasteiger partial charge on any atom is -0.472 e. The number of aromatic amines is 2. The number of pyridine rings is 3. The summed E-state index contributed by atoms with van der Waals surface area (Å²) in [5, 5.41) is 13.1. The molecule has 0 saturated carbocycles. The fourth-order valence-electron chi connectivity index (χ4n) is 4.10. The van der Waals surface area contributed by atoms with Gasteiger partial charge in [-0.1, -0.05) is 0 Å². The van der Waals surface area contributed by atoms with Crippen LogP contribution in [-0.4, -0.2) is 36.2 Å². The van der Waals surface area contributed by atoms with Gasteiger partial charge in [-0.3, -0.25) is 20.1 Å². The molecule has 162 valence electrons. The summed E-state index contributed by atoms with van der Waals surface area (Å²) < 4.78 is 5.27. The van der Waals surface area contributed by atoms with E-state index in [0.717, 1.165) is 61.3 Å². The molecule has 0 aliphatic heterocycles. The van der Waals surface area contributed by atoms with Gasteiger partial charge in [0.1, 0.15) is 5.69 Å². The van der Waals surface area contributed by atoms with Crippen LogP contribution in [0.3, 0.4) is 0 Å². The first kappa shape index (κ1) is 19.2. The molecular weight excluding hydrogens is 414 g/mol. The van der Waals surface area contributed by atoms with Crippen LogP contribution in [0, 0.1) is 0 Å². The predicted molar refractivity (Wildman–Crippen MR) is 129 cm³/mol. The van der Waals surface area contributed by atoms with Crippen LogP contribution in [0.4, 0.5) is 5.69 Å². The van der Waals surface area contributed by atoms with E-state index >= 15 is 0 Å². The molecule has 0 radical (unpaired) electrons. The second kappa shape index (κ2) is 7.59. The summed E-state index contributed by atoms with van der Waals surface area (Å²) in [6, 6.07) is 8.46. The number of anilines is 1. The molecule has 0 spiro atoms. The van der Waals surface area contributed by atoms with E-state index in [1.54, 1.807) is 12.5 Å². The summed E-state index contributed by atoms with van der Waals surface area (Å²) in [5.41, 5.74) is 8.26. The third-order valence-electron chi connectivity index (χ3n) is 5.57. The maximum absolute atomic E-state index is 5.27. The molecule has 0 aliphatic rings. The van der Waals surface area contributed by atoms with Crippen LogP contribution in [0.25, 0.3) is 55.6 Å². The van der Waals surface area contributed by atoms with Crippen LogP contribution >= 0.6 is 0 Å². The molecule has 0 amide bonds. The Morgan fingerprint density at radius 1 is 0.909 bits per heavy atom. The number of nitrogens with one attached hydrogen (secondary N) is 3. The van der Waals surface area contributed by atoms with Crippen molar-refractivity contribution >= 4 is 27.5 Å². The SMILES string of the molecule is CC(C)Nc1cncc(-c2cc3c(-c4cc5c(-c6ccoc6)cncc5[nH]4)n[nH]c3cn2)c1. The van der Waals surface area contributed by atoms with Crippen molar-refractivity contribution in [1.82, 2.24) is 30.1 Å². The van der Waals surface area contributed by atoms with E-state index in [-0.39, 0.29) is 0 Å². The van der Waals surface area contributed by atoms with Crippen molar-refractivity contribution in [3.63, 3.8) is 0 Å². The smallest absolute Gasteiger partial charge is 0.116 e. The summed E-state index contributed by atoms with van der Waals surface area (Å²) in [7, 11) is 0. The van der Waals surface area contributed by atoms with Crippen molar-refractivity contribution in [3.8, 4) is 33.8 Å². The summed E-state index contributed by atoms with van der Waals surface area (Å²) in [5.74, 6) is 0. The second-order valence-corrected chi connectivity index (χ2v) is 8.29. The maximum Gasteiger partial charge on any atom is 0.116 e. The molecule has 0 atom stereocenters. The molecule has 33 heavy (non-hydrogen) atoms. The molecule has 6 rings (SSSR count). The van der Waals surface area contributed by atoms with Crippen LogP contribution in [0.5, 0.6) is 0 Å². The number of furan rings is 1. The van der Waals surface area contributed by atoms with Crippen molar-refractivity contribution in [2.45, 2.75) is 19.9 Å². The van der Waals surface area contributed by atoms with Crippen molar-refractivity contribution in [3.05, 3.63) is 67.8 Å². The normalized spacial score (nSPS) is 11.6. The zero-order valence-electron chi connectivity index (χ0n) is 18.1. The number of hydrogen-bond donors (Lipinski definition) is 3. The lowest BCUT2D eigenvalue weighted by Crippen LogP contribution is -2.09. The Labute approximate surface area is 189 Å². The van der Waals surface area contributed by atoms with Crippen LogP contribution in [0.2, 0.25) is 0 Å². The Morgan fingerprint density at radius 2 is 1.82 bits per heavy atom. The predicted octanol–water partition coefficient (Wildman–Crippen LogP) is 5.64. The highest BCUT2D eigenvalue weighted by atomic mass is 16.3. The highest BCUT2D eigenvalue weighted by molar-refractivity contribution is 6.00. The van der Waals surface area contributed by atoms with Gasteiger partial charge < -0.3 is 14.7 Å². The average molecular weight is 435 g/mol. The molecule has 8 heteroatoms. The lowest BCUT2D eigenvalue weighted by atomic mass is 10.1. The fraction of sp³-hybridized carbons (Fsp3) is 0.120. The zero-order chi connectivity index (χ0) is 22.4. The molecule has 8 nitrogen and oxygen atoms in total. The Bertz CT molecular complexity index is 1580. The Kier molecular flexibility index (Phi) is 4.43. The van der Waals surface area contributed by atoms with E-state index in [2.05, 4.69) is 61.4 Å². The van der Waals surface area contributed by atoms with E-state index in [9.17, 15) is 0 Å². The summed E-state index contributed by atoms with van der Waals surface area (Å²) in [4.78, 5) is 16.9. The van der Waals surface area contributed by atoms with Crippen LogP contribution < -0.4 is 5.32 Å². The number of aromatic nitrogens is 6. The van der Waals surface area contributed by atoms with Gasteiger partial charge in [0.05, 0.1) is 53.0 Å². The highest BCUT2D eigenvalue weighted by Crippen LogP contribution is 2.34. The largest absolute Gasteiger partial charge is 0.472 e. The maximum atomic E-state index is 5.27. The lowest BCUT2D eigenvalue weighted by Gasteiger charge is -2.10. The van der Waals surface area contributed by atoms with Crippen LogP contribution in [-0.2, 0) is 0 Å². The summed E-state index contributed by atoms with van der Waals surface area (Å²) in [6.07, 6.45) is 12.5. The quantitative estimate of drug-likeness (QED) is 0.323. The van der Waals surface area contributed by atoms with Gasteiger partial charge in [-0.05, 0) is 38.1 Å². The topological polar surface area (TPSA) is 108 Å². The molecule has 0 saturated heterocycles. The van der Waals surface area contributed by atoms with Crippen molar-refractivity contribution < 1.29 is 4.42 Å². The zero-order valence-corrected chi connectivity index (χ0v) is 18.1. The molecule has 3 N–H and O–H groups in total. The van der Waals surface area contributed by atoms with E-state index < -0.39 is 0 Å². The standard InChI is InChI=1S/C25H21N7O/c1-14(2)29-17-5-16(8-26-9-17)21-7-19-24(12-28-21)31-32-25(19)22-6-18-20(15-3-4-33-13-15)10-27-11-23(18)30-22/h3-14,29-30H,1-2H3,(H,31,32). The summed E-state index contributed by atoms with van der Waals surface area (Å²) in [6.45, 7) is 4.20. The van der Waals surface area contributed by atoms with Gasteiger partial charge >= 0.3 is 0 Å². The molecule has 0 aliphatic carbocycles. The number of H-pyrrole nitrogens is 2. The van der Waals surface area contributed by atoms with Crippen LogP contribution in [0.15, 0.2) is 72.2 Å². The van der Waals surface area contributed by atoms with Gasteiger partial charge in [0.15, 0.2) is 0 Å². The Balaban J connectivity index is 1.45. The number of fused-ring (bicyclic) bond motifs is 2. The second-order valence-electron chi connectivity index (χ2n) is 8.29. The first-order chi connectivity index (χ1) is 16.2. The average Bonchev–Trinajstić information content (AvgIpc) is 3.57. The third-order valence-corrected chi connectivity index (χ3v) is 5.57. The molecular formula is C25H21N7O. The van der Waals surface area contributed by atoms with E-state index in [1.165, 1.54) is 0 Å². The fourth-order valence-corrected chi connectivity index (χ4v) is 4.10. The van der Waals surface area contributed by atoms with Gasteiger partial charge in [-0.15, -0.1) is 0 Å². The molecule has 6 heterocycles.